The van der Waals surface area contributed by atoms with Crippen molar-refractivity contribution >= 4 is 28.4 Å². The summed E-state index contributed by atoms with van der Waals surface area (Å²) in [5.41, 5.74) is 1.89. The van der Waals surface area contributed by atoms with Gasteiger partial charge in [-0.3, -0.25) is 0 Å². The van der Waals surface area contributed by atoms with Gasteiger partial charge in [-0.25, -0.2) is 4.79 Å². The van der Waals surface area contributed by atoms with E-state index in [-0.39, 0.29) is 0 Å². The molecule has 0 unspecified atom stereocenters. The van der Waals surface area contributed by atoms with Crippen LogP contribution in [-0.2, 0) is 4.79 Å². The van der Waals surface area contributed by atoms with Crippen LogP contribution in [0, 0.1) is 0 Å². The zero-order valence-corrected chi connectivity index (χ0v) is 11.4. The first-order chi connectivity index (χ1) is 10.2. The zero-order valence-electron chi connectivity index (χ0n) is 11.4. The first kappa shape index (κ1) is 13.1. The Morgan fingerprint density at radius 3 is 2.19 bits per heavy atom. The van der Waals surface area contributed by atoms with Crippen LogP contribution in [0.2, 0.25) is 0 Å². The van der Waals surface area contributed by atoms with Crippen LogP contribution >= 0.6 is 0 Å². The molecule has 0 atom stereocenters. The number of hydrogen-bond acceptors (Lipinski definition) is 1. The Bertz CT molecular complexity index is 817. The molecule has 3 aromatic rings. The second-order valence-corrected chi connectivity index (χ2v) is 4.84. The largest absolute Gasteiger partial charge is 0.478 e. The zero-order chi connectivity index (χ0) is 14.7. The van der Waals surface area contributed by atoms with E-state index in [1.54, 1.807) is 6.08 Å². The summed E-state index contributed by atoms with van der Waals surface area (Å²) in [4.78, 5) is 11.6. The summed E-state index contributed by atoms with van der Waals surface area (Å²) in [7, 11) is 0. The van der Waals surface area contributed by atoms with Crippen molar-refractivity contribution in [2.45, 2.75) is 0 Å². The second-order valence-electron chi connectivity index (χ2n) is 4.84. The molecule has 3 rings (SSSR count). The maximum Gasteiger partial charge on any atom is 0.336 e. The molecule has 0 spiro atoms. The Morgan fingerprint density at radius 2 is 1.48 bits per heavy atom. The Morgan fingerprint density at radius 1 is 0.810 bits per heavy atom. The molecule has 102 valence electrons. The quantitative estimate of drug-likeness (QED) is 0.565. The van der Waals surface area contributed by atoms with Crippen LogP contribution in [0.3, 0.4) is 0 Å². The molecular weight excluding hydrogens is 260 g/mol. The van der Waals surface area contributed by atoms with Crippen LogP contribution in [0.25, 0.3) is 22.4 Å². The fraction of sp³-hybridized carbons (Fsp3) is 0. The first-order valence-electron chi connectivity index (χ1n) is 6.73. The highest BCUT2D eigenvalue weighted by Gasteiger charge is 2.10. The minimum Gasteiger partial charge on any atom is -0.478 e. The van der Waals surface area contributed by atoms with Gasteiger partial charge in [0.05, 0.1) is 5.57 Å². The molecule has 1 N–H and O–H groups in total. The van der Waals surface area contributed by atoms with Gasteiger partial charge in [0.15, 0.2) is 0 Å². The molecule has 0 amide bonds. The van der Waals surface area contributed by atoms with Crippen molar-refractivity contribution in [3.63, 3.8) is 0 Å². The van der Waals surface area contributed by atoms with Crippen molar-refractivity contribution in [1.29, 1.82) is 0 Å². The third-order valence-electron chi connectivity index (χ3n) is 3.40. The Hall–Kier alpha value is -2.87. The second kappa shape index (κ2) is 5.63. The highest BCUT2D eigenvalue weighted by atomic mass is 16.4. The fourth-order valence-electron chi connectivity index (χ4n) is 2.34. The van der Waals surface area contributed by atoms with Gasteiger partial charge in [-0.15, -0.1) is 0 Å². The van der Waals surface area contributed by atoms with E-state index in [2.05, 4.69) is 0 Å². The van der Waals surface area contributed by atoms with Gasteiger partial charge in [0.2, 0.25) is 0 Å². The van der Waals surface area contributed by atoms with E-state index in [0.717, 1.165) is 16.3 Å². The summed E-state index contributed by atoms with van der Waals surface area (Å²) in [6.07, 6.45) is 1.70. The lowest BCUT2D eigenvalue weighted by Crippen LogP contribution is -1.99. The minimum atomic E-state index is -0.922. The topological polar surface area (TPSA) is 37.3 Å². The summed E-state index contributed by atoms with van der Waals surface area (Å²) in [5.74, 6) is -0.922. The lowest BCUT2D eigenvalue weighted by atomic mass is 9.99. The summed E-state index contributed by atoms with van der Waals surface area (Å²) in [6, 6.07) is 23.1. The highest BCUT2D eigenvalue weighted by Crippen LogP contribution is 2.23. The Balaban J connectivity index is 2.11. The van der Waals surface area contributed by atoms with Crippen LogP contribution in [0.15, 0.2) is 72.8 Å². The van der Waals surface area contributed by atoms with Gasteiger partial charge in [-0.1, -0.05) is 66.7 Å². The van der Waals surface area contributed by atoms with E-state index >= 15 is 0 Å². The van der Waals surface area contributed by atoms with E-state index in [0.29, 0.717) is 11.1 Å². The maximum absolute atomic E-state index is 11.6. The Kier molecular flexibility index (Phi) is 3.52. The number of carboxylic acids is 1. The Labute approximate surface area is 123 Å². The molecule has 0 bridgehead atoms. The lowest BCUT2D eigenvalue weighted by Gasteiger charge is -2.05. The molecule has 0 aliphatic carbocycles. The summed E-state index contributed by atoms with van der Waals surface area (Å²) in [5, 5.41) is 11.6. The highest BCUT2D eigenvalue weighted by molar-refractivity contribution is 6.21. The SMILES string of the molecule is O=C(O)/C(=C\c1ccccc1)c1ccc2ccccc2c1. The van der Waals surface area contributed by atoms with Gasteiger partial charge in [-0.2, -0.15) is 0 Å². The van der Waals surface area contributed by atoms with Crippen LogP contribution in [0.1, 0.15) is 11.1 Å². The molecule has 21 heavy (non-hydrogen) atoms. The van der Waals surface area contributed by atoms with E-state index in [9.17, 15) is 9.90 Å². The van der Waals surface area contributed by atoms with Gasteiger partial charge >= 0.3 is 5.97 Å². The van der Waals surface area contributed by atoms with Crippen LogP contribution in [0.5, 0.6) is 0 Å². The molecule has 2 heteroatoms. The molecule has 0 heterocycles. The molecule has 0 saturated heterocycles. The van der Waals surface area contributed by atoms with Crippen LogP contribution < -0.4 is 0 Å². The number of carbonyl (C=O) groups is 1. The average molecular weight is 274 g/mol. The molecular formula is C19H14O2. The normalized spacial score (nSPS) is 11.5. The molecule has 0 fully saturated rings. The lowest BCUT2D eigenvalue weighted by molar-refractivity contribution is -0.130. The fourth-order valence-corrected chi connectivity index (χ4v) is 2.34. The standard InChI is InChI=1S/C19H14O2/c20-19(21)18(12-14-6-2-1-3-7-14)17-11-10-15-8-4-5-9-16(15)13-17/h1-13H,(H,20,21)/b18-12-. The van der Waals surface area contributed by atoms with Gasteiger partial charge in [-0.05, 0) is 34.0 Å². The summed E-state index contributed by atoms with van der Waals surface area (Å²) < 4.78 is 0. The van der Waals surface area contributed by atoms with Gasteiger partial charge < -0.3 is 5.11 Å². The van der Waals surface area contributed by atoms with Crippen molar-refractivity contribution in [1.82, 2.24) is 0 Å². The number of carboxylic acid groups (broad SMARTS) is 1. The van der Waals surface area contributed by atoms with Crippen molar-refractivity contribution < 1.29 is 9.90 Å². The smallest absolute Gasteiger partial charge is 0.336 e. The van der Waals surface area contributed by atoms with Gasteiger partial charge in [0.25, 0.3) is 0 Å². The monoisotopic (exact) mass is 274 g/mol. The molecule has 0 saturated carbocycles. The summed E-state index contributed by atoms with van der Waals surface area (Å²) in [6.45, 7) is 0. The molecule has 2 nitrogen and oxygen atoms in total. The molecule has 3 aromatic carbocycles. The first-order valence-corrected chi connectivity index (χ1v) is 6.73. The van der Waals surface area contributed by atoms with Gasteiger partial charge in [0, 0.05) is 0 Å². The third-order valence-corrected chi connectivity index (χ3v) is 3.40. The third kappa shape index (κ3) is 2.84. The predicted octanol–water partition coefficient (Wildman–Crippen LogP) is 4.47. The number of benzene rings is 3. The van der Waals surface area contributed by atoms with Crippen molar-refractivity contribution in [3.8, 4) is 0 Å². The van der Waals surface area contributed by atoms with E-state index in [4.69, 9.17) is 0 Å². The van der Waals surface area contributed by atoms with Gasteiger partial charge in [0.1, 0.15) is 0 Å². The van der Waals surface area contributed by atoms with Crippen molar-refractivity contribution in [3.05, 3.63) is 83.9 Å². The van der Waals surface area contributed by atoms with E-state index in [1.807, 2.05) is 72.8 Å². The van der Waals surface area contributed by atoms with E-state index in [1.165, 1.54) is 0 Å². The maximum atomic E-state index is 11.6. The number of aliphatic carboxylic acids is 1. The minimum absolute atomic E-state index is 0.298. The summed E-state index contributed by atoms with van der Waals surface area (Å²) >= 11 is 0. The van der Waals surface area contributed by atoms with E-state index < -0.39 is 5.97 Å². The van der Waals surface area contributed by atoms with Crippen LogP contribution in [-0.4, -0.2) is 11.1 Å². The number of hydrogen-bond donors (Lipinski definition) is 1. The molecule has 0 aliphatic heterocycles. The average Bonchev–Trinajstić information content (AvgIpc) is 2.53. The van der Waals surface area contributed by atoms with Crippen molar-refractivity contribution in [2.24, 2.45) is 0 Å². The number of rotatable bonds is 3. The molecule has 0 aliphatic rings. The molecule has 0 radical (unpaired) electrons. The molecule has 0 aromatic heterocycles. The number of fused-ring (bicyclic) bond motifs is 1. The van der Waals surface area contributed by atoms with Crippen LogP contribution in [0.4, 0.5) is 0 Å². The van der Waals surface area contributed by atoms with Crippen molar-refractivity contribution in [2.75, 3.05) is 0 Å². The predicted molar refractivity (Wildman–Crippen MR) is 85.9 cm³/mol.